The van der Waals surface area contributed by atoms with E-state index in [2.05, 4.69) is 10.2 Å². The summed E-state index contributed by atoms with van der Waals surface area (Å²) in [4.78, 5) is 38.1. The molecule has 1 N–H and O–H groups in total. The average Bonchev–Trinajstić information content (AvgIpc) is 3.05. The summed E-state index contributed by atoms with van der Waals surface area (Å²) in [7, 11) is 0. The summed E-state index contributed by atoms with van der Waals surface area (Å²) in [6.45, 7) is 6.68. The zero-order chi connectivity index (χ0) is 20.8. The van der Waals surface area contributed by atoms with Gasteiger partial charge in [-0.3, -0.25) is 14.4 Å². The molecule has 1 aliphatic rings. The second kappa shape index (κ2) is 9.71. The summed E-state index contributed by atoms with van der Waals surface area (Å²) in [6.07, 6.45) is -0.898. The lowest BCUT2D eigenvalue weighted by Gasteiger charge is -2.28. The molecule has 0 aliphatic carbocycles. The van der Waals surface area contributed by atoms with Gasteiger partial charge in [0.25, 0.3) is 5.91 Å². The Morgan fingerprint density at radius 1 is 1.24 bits per heavy atom. The lowest BCUT2D eigenvalue weighted by Crippen LogP contribution is -2.36. The number of aryl methyl sites for hydroxylation is 1. The van der Waals surface area contributed by atoms with E-state index in [9.17, 15) is 14.4 Å². The summed E-state index contributed by atoms with van der Waals surface area (Å²) < 4.78 is 12.1. The molecule has 156 valence electrons. The highest BCUT2D eigenvalue weighted by atomic mass is 32.1. The molecule has 1 amide bonds. The summed E-state index contributed by atoms with van der Waals surface area (Å²) in [5.41, 5.74) is 2.51. The monoisotopic (exact) mass is 419 g/mol. The highest BCUT2D eigenvalue weighted by Crippen LogP contribution is 2.19. The van der Waals surface area contributed by atoms with Crippen molar-refractivity contribution in [3.8, 4) is 0 Å². The minimum absolute atomic E-state index is 0.0311. The molecule has 9 heteroatoms. The van der Waals surface area contributed by atoms with Crippen LogP contribution >= 0.6 is 11.3 Å². The van der Waals surface area contributed by atoms with Crippen molar-refractivity contribution in [2.24, 2.45) is 0 Å². The highest BCUT2D eigenvalue weighted by molar-refractivity contribution is 7.07. The van der Waals surface area contributed by atoms with Crippen LogP contribution in [-0.2, 0) is 25.6 Å². The van der Waals surface area contributed by atoms with E-state index < -0.39 is 18.0 Å². The topological polar surface area (TPSA) is 89.9 Å². The molecule has 1 aliphatic heterocycles. The zero-order valence-electron chi connectivity index (χ0n) is 16.6. The predicted molar refractivity (Wildman–Crippen MR) is 112 cm³/mol. The lowest BCUT2D eigenvalue weighted by molar-refractivity contribution is -0.153. The van der Waals surface area contributed by atoms with Gasteiger partial charge in [-0.25, -0.2) is 0 Å². The Bertz CT molecular complexity index is 900. The van der Waals surface area contributed by atoms with Gasteiger partial charge in [0.2, 0.25) is 0 Å². The molecule has 2 heterocycles. The Morgan fingerprint density at radius 3 is 2.55 bits per heavy atom. The number of amides is 1. The van der Waals surface area contributed by atoms with Gasteiger partial charge in [0.15, 0.2) is 6.10 Å². The van der Waals surface area contributed by atoms with Crippen LogP contribution < -0.4 is 15.1 Å². The summed E-state index contributed by atoms with van der Waals surface area (Å²) in [5, 5.41) is 4.50. The fourth-order valence-electron chi connectivity index (χ4n) is 3.01. The first-order valence-electron chi connectivity index (χ1n) is 9.52. The second-order valence-electron chi connectivity index (χ2n) is 6.81. The van der Waals surface area contributed by atoms with Gasteiger partial charge in [-0.1, -0.05) is 11.3 Å². The van der Waals surface area contributed by atoms with Crippen molar-refractivity contribution in [2.45, 2.75) is 32.9 Å². The molecule has 1 unspecified atom stereocenters. The number of carbonyl (C=O) groups is 2. The highest BCUT2D eigenvalue weighted by Gasteiger charge is 2.19. The lowest BCUT2D eigenvalue weighted by atomic mass is 10.2. The van der Waals surface area contributed by atoms with Crippen molar-refractivity contribution < 1.29 is 19.1 Å². The number of nitrogens with zero attached hydrogens (tertiary/aromatic N) is 2. The van der Waals surface area contributed by atoms with Gasteiger partial charge in [-0.2, -0.15) is 0 Å². The molecule has 8 nitrogen and oxygen atoms in total. The van der Waals surface area contributed by atoms with Crippen molar-refractivity contribution in [3.05, 3.63) is 45.0 Å². The summed E-state index contributed by atoms with van der Waals surface area (Å²) in [5.74, 6) is -0.922. The summed E-state index contributed by atoms with van der Waals surface area (Å²) >= 11 is 1.09. The van der Waals surface area contributed by atoms with Crippen molar-refractivity contribution in [2.75, 3.05) is 36.5 Å². The number of rotatable bonds is 7. The van der Waals surface area contributed by atoms with Gasteiger partial charge in [-0.15, -0.1) is 0 Å². The maximum atomic E-state index is 12.3. The SMILES string of the molecule is Cc1csc(=O)n1CCC(=O)OC(C)C(=O)Nc1ccc(N2CCOCC2)cc1. The molecule has 0 radical (unpaired) electrons. The van der Waals surface area contributed by atoms with E-state index in [1.54, 1.807) is 5.38 Å². The van der Waals surface area contributed by atoms with E-state index >= 15 is 0 Å². The van der Waals surface area contributed by atoms with Crippen LogP contribution in [-0.4, -0.2) is 48.9 Å². The van der Waals surface area contributed by atoms with Crippen molar-refractivity contribution in [1.82, 2.24) is 4.57 Å². The number of benzene rings is 1. The Morgan fingerprint density at radius 2 is 1.93 bits per heavy atom. The van der Waals surface area contributed by atoms with Gasteiger partial charge < -0.3 is 24.3 Å². The van der Waals surface area contributed by atoms with E-state index in [0.717, 1.165) is 35.8 Å². The number of nitrogens with one attached hydrogen (secondary N) is 1. The maximum Gasteiger partial charge on any atom is 0.308 e. The fourth-order valence-corrected chi connectivity index (χ4v) is 3.77. The summed E-state index contributed by atoms with van der Waals surface area (Å²) in [6, 6.07) is 7.53. The van der Waals surface area contributed by atoms with E-state index in [0.29, 0.717) is 18.9 Å². The van der Waals surface area contributed by atoms with Crippen LogP contribution in [0.25, 0.3) is 0 Å². The third-order valence-electron chi connectivity index (χ3n) is 4.70. The van der Waals surface area contributed by atoms with Crippen molar-refractivity contribution in [3.63, 3.8) is 0 Å². The van der Waals surface area contributed by atoms with Crippen LogP contribution in [0.4, 0.5) is 11.4 Å². The average molecular weight is 420 g/mol. The van der Waals surface area contributed by atoms with E-state index in [1.165, 1.54) is 11.5 Å². The first kappa shape index (κ1) is 21.1. The molecule has 0 saturated carbocycles. The van der Waals surface area contributed by atoms with Gasteiger partial charge in [-0.05, 0) is 38.1 Å². The Labute approximate surface area is 173 Å². The largest absolute Gasteiger partial charge is 0.452 e. The van der Waals surface area contributed by atoms with Gasteiger partial charge in [0, 0.05) is 42.1 Å². The molecular formula is C20H25N3O5S. The number of aromatic nitrogens is 1. The minimum Gasteiger partial charge on any atom is -0.452 e. The number of hydrogen-bond acceptors (Lipinski definition) is 7. The number of anilines is 2. The van der Waals surface area contributed by atoms with Crippen molar-refractivity contribution in [1.29, 1.82) is 0 Å². The van der Waals surface area contributed by atoms with Gasteiger partial charge in [0.1, 0.15) is 0 Å². The normalized spacial score (nSPS) is 15.0. The van der Waals surface area contributed by atoms with Crippen LogP contribution in [0.1, 0.15) is 19.0 Å². The van der Waals surface area contributed by atoms with E-state index in [4.69, 9.17) is 9.47 Å². The van der Waals surface area contributed by atoms with Crippen LogP contribution in [0.15, 0.2) is 34.4 Å². The predicted octanol–water partition coefficient (Wildman–Crippen LogP) is 2.02. The smallest absolute Gasteiger partial charge is 0.308 e. The minimum atomic E-state index is -0.929. The number of esters is 1. The molecule has 1 fully saturated rings. The first-order valence-corrected chi connectivity index (χ1v) is 10.4. The number of carbonyl (C=O) groups excluding carboxylic acids is 2. The first-order chi connectivity index (χ1) is 13.9. The van der Waals surface area contributed by atoms with Crippen LogP contribution in [0.3, 0.4) is 0 Å². The fraction of sp³-hybridized carbons (Fsp3) is 0.450. The molecule has 1 aromatic carbocycles. The number of ether oxygens (including phenoxy) is 2. The van der Waals surface area contributed by atoms with Crippen LogP contribution in [0.2, 0.25) is 0 Å². The van der Waals surface area contributed by atoms with Crippen LogP contribution in [0.5, 0.6) is 0 Å². The second-order valence-corrected chi connectivity index (χ2v) is 7.63. The molecule has 1 aromatic heterocycles. The third-order valence-corrected chi connectivity index (χ3v) is 5.59. The number of thiazole rings is 1. The number of hydrogen-bond donors (Lipinski definition) is 1. The van der Waals surface area contributed by atoms with Gasteiger partial charge >= 0.3 is 10.8 Å². The Balaban J connectivity index is 1.47. The van der Waals surface area contributed by atoms with Crippen molar-refractivity contribution >= 4 is 34.6 Å². The molecule has 29 heavy (non-hydrogen) atoms. The van der Waals surface area contributed by atoms with E-state index in [1.807, 2.05) is 31.2 Å². The van der Waals surface area contributed by atoms with Gasteiger partial charge in [0.05, 0.1) is 19.6 Å². The Kier molecular flexibility index (Phi) is 7.05. The Hall–Kier alpha value is -2.65. The molecule has 3 rings (SSSR count). The molecule has 0 bridgehead atoms. The number of morpholine rings is 1. The molecule has 1 atom stereocenters. The quantitative estimate of drug-likeness (QED) is 0.691. The molecule has 2 aromatic rings. The zero-order valence-corrected chi connectivity index (χ0v) is 17.4. The standard InChI is InChI=1S/C20H25N3O5S/c1-14-13-29-20(26)23(14)8-7-18(24)28-15(2)19(25)21-16-3-5-17(6-4-16)22-9-11-27-12-10-22/h3-6,13,15H,7-12H2,1-2H3,(H,21,25). The molecule has 0 spiro atoms. The van der Waals surface area contributed by atoms with Crippen LogP contribution in [0, 0.1) is 6.92 Å². The molecule has 1 saturated heterocycles. The maximum absolute atomic E-state index is 12.3. The van der Waals surface area contributed by atoms with E-state index in [-0.39, 0.29) is 17.8 Å². The molecular weight excluding hydrogens is 394 g/mol. The third kappa shape index (κ3) is 5.68.